The maximum Gasteiger partial charge on any atom is 0.308 e. The van der Waals surface area contributed by atoms with Gasteiger partial charge in [0.15, 0.2) is 0 Å². The highest BCUT2D eigenvalue weighted by Gasteiger charge is 2.21. The zero-order valence-electron chi connectivity index (χ0n) is 20.8. The molecule has 0 aromatic heterocycles. The van der Waals surface area contributed by atoms with Crippen molar-refractivity contribution in [3.63, 3.8) is 0 Å². The van der Waals surface area contributed by atoms with Crippen LogP contribution in [0.4, 0.5) is 0 Å². The van der Waals surface area contributed by atoms with E-state index in [4.69, 9.17) is 9.47 Å². The van der Waals surface area contributed by atoms with E-state index in [1.807, 2.05) is 6.92 Å². The third-order valence-corrected chi connectivity index (χ3v) is 5.65. The molecule has 0 amide bonds. The first-order chi connectivity index (χ1) is 14.2. The zero-order chi connectivity index (χ0) is 22.8. The molecule has 0 saturated heterocycles. The second-order valence-corrected chi connectivity index (χ2v) is 9.94. The molecule has 0 bridgehead atoms. The Morgan fingerprint density at radius 1 is 0.600 bits per heavy atom. The Bertz CT molecular complexity index is 431. The second kappa shape index (κ2) is 18.7. The molecule has 178 valence electrons. The summed E-state index contributed by atoms with van der Waals surface area (Å²) in [6.07, 6.45) is 13.9. The summed E-state index contributed by atoms with van der Waals surface area (Å²) in [4.78, 5) is 23.6. The molecule has 0 aliphatic carbocycles. The van der Waals surface area contributed by atoms with Gasteiger partial charge in [-0.2, -0.15) is 0 Å². The van der Waals surface area contributed by atoms with E-state index in [-0.39, 0.29) is 17.9 Å². The molecule has 0 saturated carbocycles. The highest BCUT2D eigenvalue weighted by molar-refractivity contribution is 5.72. The van der Waals surface area contributed by atoms with Crippen LogP contribution in [0.25, 0.3) is 0 Å². The summed E-state index contributed by atoms with van der Waals surface area (Å²) in [6, 6.07) is 0. The molecule has 0 aromatic carbocycles. The lowest BCUT2D eigenvalue weighted by molar-refractivity contribution is -0.150. The summed E-state index contributed by atoms with van der Waals surface area (Å²) >= 11 is 0. The van der Waals surface area contributed by atoms with Crippen LogP contribution in [-0.4, -0.2) is 25.2 Å². The topological polar surface area (TPSA) is 52.6 Å². The van der Waals surface area contributed by atoms with Gasteiger partial charge in [-0.25, -0.2) is 0 Å². The Labute approximate surface area is 186 Å². The Morgan fingerprint density at radius 3 is 1.53 bits per heavy atom. The summed E-state index contributed by atoms with van der Waals surface area (Å²) in [5, 5.41) is 0. The van der Waals surface area contributed by atoms with E-state index in [2.05, 4.69) is 34.6 Å². The van der Waals surface area contributed by atoms with Crippen molar-refractivity contribution in [2.45, 2.75) is 119 Å². The lowest BCUT2D eigenvalue weighted by atomic mass is 9.90. The monoisotopic (exact) mass is 426 g/mol. The average molecular weight is 427 g/mol. The Morgan fingerprint density at radius 2 is 1.03 bits per heavy atom. The molecule has 0 spiro atoms. The van der Waals surface area contributed by atoms with E-state index in [0.29, 0.717) is 37.4 Å². The fourth-order valence-corrected chi connectivity index (χ4v) is 3.34. The Kier molecular flexibility index (Phi) is 18.0. The van der Waals surface area contributed by atoms with Gasteiger partial charge in [0.25, 0.3) is 0 Å². The van der Waals surface area contributed by atoms with Gasteiger partial charge in [0.05, 0.1) is 19.1 Å². The van der Waals surface area contributed by atoms with Gasteiger partial charge in [0.1, 0.15) is 0 Å². The smallest absolute Gasteiger partial charge is 0.308 e. The number of rotatable bonds is 19. The fraction of sp³-hybridized carbons (Fsp3) is 0.923. The number of hydrogen-bond donors (Lipinski definition) is 0. The van der Waals surface area contributed by atoms with Crippen LogP contribution in [0.5, 0.6) is 0 Å². The molecule has 30 heavy (non-hydrogen) atoms. The molecule has 0 radical (unpaired) electrons. The van der Waals surface area contributed by atoms with Crippen molar-refractivity contribution >= 4 is 11.9 Å². The number of carbonyl (C=O) groups excluding carboxylic acids is 2. The van der Waals surface area contributed by atoms with Gasteiger partial charge in [0.2, 0.25) is 0 Å². The lowest BCUT2D eigenvalue weighted by Gasteiger charge is -2.19. The van der Waals surface area contributed by atoms with Crippen LogP contribution in [0.15, 0.2) is 0 Å². The molecule has 4 heteroatoms. The summed E-state index contributed by atoms with van der Waals surface area (Å²) in [5.74, 6) is 1.13. The maximum atomic E-state index is 12.0. The van der Waals surface area contributed by atoms with Gasteiger partial charge in [-0.1, -0.05) is 99.3 Å². The van der Waals surface area contributed by atoms with Gasteiger partial charge in [-0.3, -0.25) is 9.59 Å². The van der Waals surface area contributed by atoms with Crippen molar-refractivity contribution in [1.82, 2.24) is 0 Å². The van der Waals surface area contributed by atoms with Gasteiger partial charge in [0, 0.05) is 6.42 Å². The minimum absolute atomic E-state index is 0.000752. The van der Waals surface area contributed by atoms with E-state index in [1.165, 1.54) is 51.4 Å². The predicted octanol–water partition coefficient (Wildman–Crippen LogP) is 7.34. The highest BCUT2D eigenvalue weighted by atomic mass is 16.5. The number of ether oxygens (including phenoxy) is 2. The first-order valence-electron chi connectivity index (χ1n) is 12.6. The molecule has 2 unspecified atom stereocenters. The van der Waals surface area contributed by atoms with Gasteiger partial charge in [-0.15, -0.1) is 0 Å². The minimum Gasteiger partial charge on any atom is -0.465 e. The van der Waals surface area contributed by atoms with Crippen LogP contribution < -0.4 is 0 Å². The second-order valence-electron chi connectivity index (χ2n) is 9.94. The highest BCUT2D eigenvalue weighted by Crippen LogP contribution is 2.21. The van der Waals surface area contributed by atoms with Crippen molar-refractivity contribution < 1.29 is 19.1 Å². The first kappa shape index (κ1) is 28.9. The molecule has 0 rings (SSSR count). The molecule has 0 heterocycles. The van der Waals surface area contributed by atoms with Crippen molar-refractivity contribution in [3.05, 3.63) is 0 Å². The number of hydrogen-bond acceptors (Lipinski definition) is 4. The SMILES string of the molecule is CC(C)COC(=O)CCCCCCCCCCCCC(C)C(C)C(=O)OCC(C)C. The molecular weight excluding hydrogens is 376 g/mol. The van der Waals surface area contributed by atoms with Crippen molar-refractivity contribution in [2.24, 2.45) is 23.7 Å². The number of unbranched alkanes of at least 4 members (excludes halogenated alkanes) is 9. The molecule has 0 N–H and O–H groups in total. The van der Waals surface area contributed by atoms with Crippen LogP contribution in [0.2, 0.25) is 0 Å². The van der Waals surface area contributed by atoms with E-state index in [0.717, 1.165) is 19.3 Å². The van der Waals surface area contributed by atoms with Crippen molar-refractivity contribution in [3.8, 4) is 0 Å². The quantitative estimate of drug-likeness (QED) is 0.160. The predicted molar refractivity (Wildman–Crippen MR) is 125 cm³/mol. The largest absolute Gasteiger partial charge is 0.465 e. The summed E-state index contributed by atoms with van der Waals surface area (Å²) in [6.45, 7) is 13.5. The van der Waals surface area contributed by atoms with Gasteiger partial charge < -0.3 is 9.47 Å². The molecule has 0 aromatic rings. The van der Waals surface area contributed by atoms with Crippen molar-refractivity contribution in [1.29, 1.82) is 0 Å². The van der Waals surface area contributed by atoms with Crippen LogP contribution in [0, 0.1) is 23.7 Å². The lowest BCUT2D eigenvalue weighted by Crippen LogP contribution is -2.23. The number of carbonyl (C=O) groups is 2. The van der Waals surface area contributed by atoms with Gasteiger partial charge >= 0.3 is 11.9 Å². The van der Waals surface area contributed by atoms with E-state index < -0.39 is 0 Å². The Balaban J connectivity index is 3.45. The fourth-order valence-electron chi connectivity index (χ4n) is 3.34. The molecular formula is C26H50O4. The summed E-state index contributed by atoms with van der Waals surface area (Å²) < 4.78 is 10.6. The number of esters is 2. The molecule has 0 fully saturated rings. The van der Waals surface area contributed by atoms with Crippen LogP contribution in [0.3, 0.4) is 0 Å². The summed E-state index contributed by atoms with van der Waals surface area (Å²) in [7, 11) is 0. The van der Waals surface area contributed by atoms with E-state index in [1.54, 1.807) is 0 Å². The molecule has 0 aliphatic heterocycles. The van der Waals surface area contributed by atoms with Gasteiger partial charge in [-0.05, 0) is 30.6 Å². The van der Waals surface area contributed by atoms with E-state index in [9.17, 15) is 9.59 Å². The third-order valence-electron chi connectivity index (χ3n) is 5.65. The standard InChI is InChI=1S/C26H50O4/c1-21(2)19-29-25(27)18-16-14-12-10-8-7-9-11-13-15-17-23(5)24(6)26(28)30-20-22(3)4/h21-24H,7-20H2,1-6H3. The van der Waals surface area contributed by atoms with Crippen molar-refractivity contribution in [2.75, 3.05) is 13.2 Å². The zero-order valence-corrected chi connectivity index (χ0v) is 20.8. The van der Waals surface area contributed by atoms with Crippen LogP contribution in [0.1, 0.15) is 119 Å². The third kappa shape index (κ3) is 17.8. The molecule has 4 nitrogen and oxygen atoms in total. The summed E-state index contributed by atoms with van der Waals surface area (Å²) in [5.41, 5.74) is 0. The average Bonchev–Trinajstić information content (AvgIpc) is 2.70. The minimum atomic E-state index is -0.0418. The maximum absolute atomic E-state index is 12.0. The van der Waals surface area contributed by atoms with Crippen LogP contribution >= 0.6 is 0 Å². The van der Waals surface area contributed by atoms with E-state index >= 15 is 0 Å². The molecule has 0 aliphatic rings. The molecule has 2 atom stereocenters. The Hall–Kier alpha value is -1.06. The first-order valence-corrected chi connectivity index (χ1v) is 12.6. The normalized spacial score (nSPS) is 13.5. The van der Waals surface area contributed by atoms with Crippen LogP contribution in [-0.2, 0) is 19.1 Å².